The zero-order valence-electron chi connectivity index (χ0n) is 14.1. The summed E-state index contributed by atoms with van der Waals surface area (Å²) in [6, 6.07) is 7.01. The molecule has 0 heterocycles. The van der Waals surface area contributed by atoms with Crippen LogP contribution in [0.2, 0.25) is 0 Å². The van der Waals surface area contributed by atoms with Gasteiger partial charge in [-0.15, -0.1) is 0 Å². The van der Waals surface area contributed by atoms with E-state index in [0.29, 0.717) is 5.75 Å². The van der Waals surface area contributed by atoms with E-state index < -0.39 is 0 Å². The molecular weight excluding hydrogens is 272 g/mol. The summed E-state index contributed by atoms with van der Waals surface area (Å²) in [5, 5.41) is 9.23. The summed E-state index contributed by atoms with van der Waals surface area (Å²) < 4.78 is 5.73. The van der Waals surface area contributed by atoms with E-state index in [2.05, 4.69) is 6.92 Å². The number of phenols is 1. The van der Waals surface area contributed by atoms with Crippen LogP contribution in [0.25, 0.3) is 0 Å². The summed E-state index contributed by atoms with van der Waals surface area (Å²) in [7, 11) is 0. The molecule has 0 spiro atoms. The Morgan fingerprint density at radius 1 is 0.909 bits per heavy atom. The fraction of sp³-hybridized carbons (Fsp3) is 0.700. The van der Waals surface area contributed by atoms with E-state index in [1.165, 1.54) is 57.8 Å². The van der Waals surface area contributed by atoms with Crippen LogP contribution in [-0.2, 0) is 0 Å². The fourth-order valence-electron chi connectivity index (χ4n) is 3.60. The highest BCUT2D eigenvalue weighted by Gasteiger charge is 2.20. The Labute approximate surface area is 135 Å². The Bertz CT molecular complexity index is 391. The van der Waals surface area contributed by atoms with E-state index in [0.717, 1.165) is 30.6 Å². The molecule has 1 aliphatic rings. The third kappa shape index (κ3) is 6.29. The molecule has 2 rings (SSSR count). The van der Waals surface area contributed by atoms with Crippen LogP contribution in [-0.4, -0.2) is 11.7 Å². The average Bonchev–Trinajstić information content (AvgIpc) is 2.55. The smallest absolute Gasteiger partial charge is 0.119 e. The Hall–Kier alpha value is -1.18. The van der Waals surface area contributed by atoms with Crippen LogP contribution in [0, 0.1) is 11.8 Å². The lowest BCUT2D eigenvalue weighted by Crippen LogP contribution is -2.15. The van der Waals surface area contributed by atoms with Crippen LogP contribution in [0.15, 0.2) is 24.3 Å². The Morgan fingerprint density at radius 3 is 2.09 bits per heavy atom. The molecule has 0 unspecified atom stereocenters. The summed E-state index contributed by atoms with van der Waals surface area (Å²) in [4.78, 5) is 0. The lowest BCUT2D eigenvalue weighted by Gasteiger charge is -2.28. The standard InChI is InChI=1S/C20H32O2/c1-2-3-4-6-17-8-10-18(11-9-17)7-5-16-22-20-14-12-19(21)13-15-20/h12-15,17-18,21H,2-11,16H2,1H3. The predicted octanol–water partition coefficient (Wildman–Crippen LogP) is 5.94. The van der Waals surface area contributed by atoms with Gasteiger partial charge in [-0.05, 0) is 48.9 Å². The van der Waals surface area contributed by atoms with Crippen LogP contribution < -0.4 is 4.74 Å². The van der Waals surface area contributed by atoms with Gasteiger partial charge >= 0.3 is 0 Å². The average molecular weight is 304 g/mol. The molecule has 1 N–H and O–H groups in total. The van der Waals surface area contributed by atoms with Gasteiger partial charge in [-0.3, -0.25) is 0 Å². The molecule has 1 aromatic carbocycles. The number of ether oxygens (including phenoxy) is 1. The molecule has 1 saturated carbocycles. The zero-order chi connectivity index (χ0) is 15.6. The van der Waals surface area contributed by atoms with Gasteiger partial charge in [0, 0.05) is 0 Å². The fourth-order valence-corrected chi connectivity index (χ4v) is 3.60. The minimum atomic E-state index is 0.294. The van der Waals surface area contributed by atoms with Crippen molar-refractivity contribution in [3.63, 3.8) is 0 Å². The largest absolute Gasteiger partial charge is 0.508 e. The predicted molar refractivity (Wildman–Crippen MR) is 92.4 cm³/mol. The normalized spacial score (nSPS) is 21.7. The molecule has 0 bridgehead atoms. The number of aromatic hydroxyl groups is 1. The number of rotatable bonds is 9. The van der Waals surface area contributed by atoms with E-state index in [4.69, 9.17) is 4.74 Å². The highest BCUT2D eigenvalue weighted by atomic mass is 16.5. The molecule has 0 amide bonds. The maximum absolute atomic E-state index is 9.23. The van der Waals surface area contributed by atoms with E-state index >= 15 is 0 Å². The Balaban J connectivity index is 1.52. The first-order chi connectivity index (χ1) is 10.8. The van der Waals surface area contributed by atoms with Crippen molar-refractivity contribution in [2.75, 3.05) is 6.61 Å². The number of unbranched alkanes of at least 4 members (excludes halogenated alkanes) is 2. The number of hydrogen-bond donors (Lipinski definition) is 1. The van der Waals surface area contributed by atoms with Gasteiger partial charge in [0.15, 0.2) is 0 Å². The van der Waals surface area contributed by atoms with Gasteiger partial charge in [0.05, 0.1) is 6.61 Å². The lowest BCUT2D eigenvalue weighted by atomic mass is 9.78. The number of hydrogen-bond acceptors (Lipinski definition) is 2. The van der Waals surface area contributed by atoms with Crippen molar-refractivity contribution in [2.45, 2.75) is 71.1 Å². The van der Waals surface area contributed by atoms with Gasteiger partial charge in [0.1, 0.15) is 11.5 Å². The summed E-state index contributed by atoms with van der Waals surface area (Å²) in [5.74, 6) is 3.09. The van der Waals surface area contributed by atoms with Crippen molar-refractivity contribution in [1.29, 1.82) is 0 Å². The molecular formula is C20H32O2. The second kappa shape index (κ2) is 9.76. The highest BCUT2D eigenvalue weighted by Crippen LogP contribution is 2.34. The molecule has 0 saturated heterocycles. The molecule has 22 heavy (non-hydrogen) atoms. The van der Waals surface area contributed by atoms with Crippen molar-refractivity contribution in [2.24, 2.45) is 11.8 Å². The molecule has 0 aromatic heterocycles. The minimum absolute atomic E-state index is 0.294. The Morgan fingerprint density at radius 2 is 1.50 bits per heavy atom. The number of phenolic OH excluding ortho intramolecular Hbond substituents is 1. The summed E-state index contributed by atoms with van der Waals surface area (Å²) in [6.07, 6.45) is 13.9. The van der Waals surface area contributed by atoms with Gasteiger partial charge in [-0.25, -0.2) is 0 Å². The van der Waals surface area contributed by atoms with Crippen molar-refractivity contribution in [3.05, 3.63) is 24.3 Å². The topological polar surface area (TPSA) is 29.5 Å². The summed E-state index contributed by atoms with van der Waals surface area (Å²) >= 11 is 0. The van der Waals surface area contributed by atoms with Gasteiger partial charge < -0.3 is 9.84 Å². The van der Waals surface area contributed by atoms with Crippen LogP contribution >= 0.6 is 0 Å². The molecule has 1 fully saturated rings. The molecule has 2 heteroatoms. The molecule has 2 nitrogen and oxygen atoms in total. The van der Waals surface area contributed by atoms with Crippen molar-refractivity contribution >= 4 is 0 Å². The van der Waals surface area contributed by atoms with Crippen LogP contribution in [0.4, 0.5) is 0 Å². The third-order valence-electron chi connectivity index (χ3n) is 5.04. The van der Waals surface area contributed by atoms with E-state index in [1.807, 2.05) is 12.1 Å². The van der Waals surface area contributed by atoms with Crippen molar-refractivity contribution in [3.8, 4) is 11.5 Å². The van der Waals surface area contributed by atoms with Gasteiger partial charge in [-0.2, -0.15) is 0 Å². The minimum Gasteiger partial charge on any atom is -0.508 e. The lowest BCUT2D eigenvalue weighted by molar-refractivity contribution is 0.228. The van der Waals surface area contributed by atoms with E-state index in [-0.39, 0.29) is 0 Å². The monoisotopic (exact) mass is 304 g/mol. The first kappa shape index (κ1) is 17.2. The van der Waals surface area contributed by atoms with Crippen molar-refractivity contribution in [1.82, 2.24) is 0 Å². The Kier molecular flexibility index (Phi) is 7.62. The van der Waals surface area contributed by atoms with Crippen LogP contribution in [0.1, 0.15) is 71.1 Å². The SMILES string of the molecule is CCCCCC1CCC(CCCOc2ccc(O)cc2)CC1. The second-order valence-corrected chi connectivity index (χ2v) is 6.87. The first-order valence-corrected chi connectivity index (χ1v) is 9.19. The van der Waals surface area contributed by atoms with E-state index in [9.17, 15) is 5.11 Å². The maximum atomic E-state index is 9.23. The van der Waals surface area contributed by atoms with Gasteiger partial charge in [0.2, 0.25) is 0 Å². The van der Waals surface area contributed by atoms with Crippen LogP contribution in [0.5, 0.6) is 11.5 Å². The van der Waals surface area contributed by atoms with Crippen LogP contribution in [0.3, 0.4) is 0 Å². The molecule has 1 aliphatic carbocycles. The van der Waals surface area contributed by atoms with E-state index in [1.54, 1.807) is 12.1 Å². The third-order valence-corrected chi connectivity index (χ3v) is 5.04. The molecule has 1 aromatic rings. The molecule has 124 valence electrons. The summed E-state index contributed by atoms with van der Waals surface area (Å²) in [5.41, 5.74) is 0. The van der Waals surface area contributed by atoms with Gasteiger partial charge in [0.25, 0.3) is 0 Å². The molecule has 0 radical (unpaired) electrons. The second-order valence-electron chi connectivity index (χ2n) is 6.87. The quantitative estimate of drug-likeness (QED) is 0.572. The zero-order valence-corrected chi connectivity index (χ0v) is 14.1. The highest BCUT2D eigenvalue weighted by molar-refractivity contribution is 5.29. The number of benzene rings is 1. The molecule has 0 aliphatic heterocycles. The van der Waals surface area contributed by atoms with Gasteiger partial charge in [-0.1, -0.05) is 58.3 Å². The maximum Gasteiger partial charge on any atom is 0.119 e. The first-order valence-electron chi connectivity index (χ1n) is 9.19. The van der Waals surface area contributed by atoms with Crippen molar-refractivity contribution < 1.29 is 9.84 Å². The molecule has 0 atom stereocenters. The summed E-state index contributed by atoms with van der Waals surface area (Å²) in [6.45, 7) is 3.08.